The zero-order valence-corrected chi connectivity index (χ0v) is 12.3. The molecular weight excluding hydrogens is 208 g/mol. The van der Waals surface area contributed by atoms with Crippen molar-refractivity contribution in [3.05, 3.63) is 0 Å². The van der Waals surface area contributed by atoms with Gasteiger partial charge in [-0.25, -0.2) is 0 Å². The van der Waals surface area contributed by atoms with E-state index in [0.29, 0.717) is 6.04 Å². The molecule has 0 aromatic rings. The fraction of sp³-hybridized carbons (Fsp3) is 1.00. The van der Waals surface area contributed by atoms with Crippen molar-refractivity contribution in [3.63, 3.8) is 0 Å². The molecule has 1 saturated carbocycles. The molecule has 0 spiro atoms. The fourth-order valence-electron chi connectivity index (χ4n) is 2.90. The van der Waals surface area contributed by atoms with Crippen LogP contribution in [0.5, 0.6) is 0 Å². The number of nitrogens with zero attached hydrogens (tertiary/aromatic N) is 1. The van der Waals surface area contributed by atoms with Gasteiger partial charge >= 0.3 is 0 Å². The summed E-state index contributed by atoms with van der Waals surface area (Å²) in [5.74, 6) is 0.744. The smallest absolute Gasteiger partial charge is 0.0105 e. The number of hydrogen-bond donors (Lipinski definition) is 1. The highest BCUT2D eigenvalue weighted by Gasteiger charge is 2.24. The molecular formula is C15H32N2. The van der Waals surface area contributed by atoms with E-state index < -0.39 is 0 Å². The van der Waals surface area contributed by atoms with E-state index in [9.17, 15) is 0 Å². The first-order chi connectivity index (χ1) is 8.16. The van der Waals surface area contributed by atoms with Crippen molar-refractivity contribution in [2.45, 2.75) is 71.4 Å². The van der Waals surface area contributed by atoms with Gasteiger partial charge < -0.3 is 10.2 Å². The standard InChI is InChI=1S/C15H32N2/c1-5-11-16-12-13(2)14(3)17(4)15-9-7-6-8-10-15/h13-16H,5-12H2,1-4H3. The molecule has 0 aliphatic heterocycles. The lowest BCUT2D eigenvalue weighted by molar-refractivity contribution is 0.113. The minimum Gasteiger partial charge on any atom is -0.316 e. The molecule has 1 aliphatic carbocycles. The molecule has 2 unspecified atom stereocenters. The van der Waals surface area contributed by atoms with Crippen LogP contribution in [0, 0.1) is 5.92 Å². The van der Waals surface area contributed by atoms with Gasteiger partial charge in [-0.15, -0.1) is 0 Å². The van der Waals surface area contributed by atoms with Crippen LogP contribution >= 0.6 is 0 Å². The predicted octanol–water partition coefficient (Wildman–Crippen LogP) is 3.28. The summed E-state index contributed by atoms with van der Waals surface area (Å²) in [5.41, 5.74) is 0. The van der Waals surface area contributed by atoms with Gasteiger partial charge in [0.1, 0.15) is 0 Å². The van der Waals surface area contributed by atoms with E-state index in [1.807, 2.05) is 0 Å². The van der Waals surface area contributed by atoms with Gasteiger partial charge in [-0.05, 0) is 52.2 Å². The average Bonchev–Trinajstić information content (AvgIpc) is 2.38. The van der Waals surface area contributed by atoms with Crippen LogP contribution in [-0.2, 0) is 0 Å². The monoisotopic (exact) mass is 240 g/mol. The quantitative estimate of drug-likeness (QED) is 0.687. The summed E-state index contributed by atoms with van der Waals surface area (Å²) < 4.78 is 0. The Morgan fingerprint density at radius 1 is 1.18 bits per heavy atom. The lowest BCUT2D eigenvalue weighted by Gasteiger charge is -2.38. The lowest BCUT2D eigenvalue weighted by atomic mass is 9.91. The Labute approximate surface area is 108 Å². The minimum absolute atomic E-state index is 0.697. The Hall–Kier alpha value is -0.0800. The van der Waals surface area contributed by atoms with Gasteiger partial charge in [-0.1, -0.05) is 33.1 Å². The van der Waals surface area contributed by atoms with E-state index in [2.05, 4.69) is 38.0 Å². The second-order valence-corrected chi connectivity index (χ2v) is 5.88. The highest BCUT2D eigenvalue weighted by Crippen LogP contribution is 2.24. The van der Waals surface area contributed by atoms with Crippen LogP contribution < -0.4 is 5.32 Å². The third-order valence-electron chi connectivity index (χ3n) is 4.51. The second-order valence-electron chi connectivity index (χ2n) is 5.88. The first kappa shape index (κ1) is 15.0. The molecule has 1 rings (SSSR count). The summed E-state index contributed by atoms with van der Waals surface area (Å²) in [6.45, 7) is 9.32. The van der Waals surface area contributed by atoms with Crippen molar-refractivity contribution >= 4 is 0 Å². The minimum atomic E-state index is 0.697. The van der Waals surface area contributed by atoms with Gasteiger partial charge in [0.2, 0.25) is 0 Å². The number of rotatable bonds is 7. The van der Waals surface area contributed by atoms with Crippen molar-refractivity contribution in [2.24, 2.45) is 5.92 Å². The van der Waals surface area contributed by atoms with Crippen molar-refractivity contribution in [2.75, 3.05) is 20.1 Å². The molecule has 1 aliphatic rings. The molecule has 0 aromatic carbocycles. The van der Waals surface area contributed by atoms with Crippen LogP contribution in [0.1, 0.15) is 59.3 Å². The molecule has 0 bridgehead atoms. The lowest BCUT2D eigenvalue weighted by Crippen LogP contribution is -2.45. The molecule has 1 N–H and O–H groups in total. The number of nitrogens with one attached hydrogen (secondary N) is 1. The average molecular weight is 240 g/mol. The van der Waals surface area contributed by atoms with Crippen LogP contribution in [0.3, 0.4) is 0 Å². The Bertz CT molecular complexity index is 187. The molecule has 17 heavy (non-hydrogen) atoms. The molecule has 102 valence electrons. The molecule has 2 heteroatoms. The Kier molecular flexibility index (Phi) is 7.14. The zero-order valence-electron chi connectivity index (χ0n) is 12.3. The summed E-state index contributed by atoms with van der Waals surface area (Å²) in [7, 11) is 2.33. The number of hydrogen-bond acceptors (Lipinski definition) is 2. The van der Waals surface area contributed by atoms with E-state index in [0.717, 1.165) is 25.0 Å². The highest BCUT2D eigenvalue weighted by atomic mass is 15.2. The molecule has 2 nitrogen and oxygen atoms in total. The topological polar surface area (TPSA) is 15.3 Å². The van der Waals surface area contributed by atoms with Crippen LogP contribution in [0.2, 0.25) is 0 Å². The van der Waals surface area contributed by atoms with Gasteiger partial charge in [0, 0.05) is 12.1 Å². The van der Waals surface area contributed by atoms with Gasteiger partial charge in [-0.3, -0.25) is 0 Å². The van der Waals surface area contributed by atoms with Crippen molar-refractivity contribution in [3.8, 4) is 0 Å². The maximum atomic E-state index is 3.55. The largest absolute Gasteiger partial charge is 0.316 e. The molecule has 0 aromatic heterocycles. The summed E-state index contributed by atoms with van der Waals surface area (Å²) in [6, 6.07) is 1.54. The van der Waals surface area contributed by atoms with Gasteiger partial charge in [0.05, 0.1) is 0 Å². The van der Waals surface area contributed by atoms with Crippen LogP contribution in [-0.4, -0.2) is 37.1 Å². The first-order valence-electron chi connectivity index (χ1n) is 7.59. The Balaban J connectivity index is 2.30. The molecule has 1 fully saturated rings. The van der Waals surface area contributed by atoms with Gasteiger partial charge in [0.25, 0.3) is 0 Å². The Morgan fingerprint density at radius 3 is 2.41 bits per heavy atom. The first-order valence-corrected chi connectivity index (χ1v) is 7.59. The normalized spacial score (nSPS) is 21.7. The molecule has 0 radical (unpaired) electrons. The van der Waals surface area contributed by atoms with Crippen molar-refractivity contribution in [1.29, 1.82) is 0 Å². The summed E-state index contributed by atoms with van der Waals surface area (Å²) in [5, 5.41) is 3.55. The van der Waals surface area contributed by atoms with Crippen LogP contribution in [0.4, 0.5) is 0 Å². The van der Waals surface area contributed by atoms with E-state index in [-0.39, 0.29) is 0 Å². The third-order valence-corrected chi connectivity index (χ3v) is 4.51. The van der Waals surface area contributed by atoms with Crippen molar-refractivity contribution in [1.82, 2.24) is 10.2 Å². The zero-order chi connectivity index (χ0) is 12.7. The molecule has 0 heterocycles. The second kappa shape index (κ2) is 8.10. The maximum Gasteiger partial charge on any atom is 0.0105 e. The fourth-order valence-corrected chi connectivity index (χ4v) is 2.90. The van der Waals surface area contributed by atoms with E-state index >= 15 is 0 Å². The van der Waals surface area contributed by atoms with Crippen molar-refractivity contribution < 1.29 is 0 Å². The summed E-state index contributed by atoms with van der Waals surface area (Å²) >= 11 is 0. The highest BCUT2D eigenvalue weighted by molar-refractivity contribution is 4.80. The molecule has 0 saturated heterocycles. The van der Waals surface area contributed by atoms with E-state index in [1.54, 1.807) is 0 Å². The summed E-state index contributed by atoms with van der Waals surface area (Å²) in [4.78, 5) is 2.64. The Morgan fingerprint density at radius 2 is 1.82 bits per heavy atom. The van der Waals surface area contributed by atoms with Gasteiger partial charge in [-0.2, -0.15) is 0 Å². The van der Waals surface area contributed by atoms with E-state index in [1.165, 1.54) is 38.5 Å². The SMILES string of the molecule is CCCNCC(C)C(C)N(C)C1CCCCC1. The predicted molar refractivity (Wildman–Crippen MR) is 76.4 cm³/mol. The third kappa shape index (κ3) is 4.97. The van der Waals surface area contributed by atoms with Crippen LogP contribution in [0.25, 0.3) is 0 Å². The van der Waals surface area contributed by atoms with Gasteiger partial charge in [0.15, 0.2) is 0 Å². The molecule has 2 atom stereocenters. The van der Waals surface area contributed by atoms with E-state index in [4.69, 9.17) is 0 Å². The molecule has 0 amide bonds. The maximum absolute atomic E-state index is 3.55. The van der Waals surface area contributed by atoms with Crippen LogP contribution in [0.15, 0.2) is 0 Å². The summed E-state index contributed by atoms with van der Waals surface area (Å²) in [6.07, 6.45) is 8.38.